The number of hydrogen-bond acceptors (Lipinski definition) is 6. The summed E-state index contributed by atoms with van der Waals surface area (Å²) < 4.78 is 11.2. The smallest absolute Gasteiger partial charge is 0.159 e. The van der Waals surface area contributed by atoms with E-state index in [4.69, 9.17) is 14.5 Å². The molecule has 2 aromatic heterocycles. The molecule has 150 valence electrons. The van der Waals surface area contributed by atoms with Crippen LogP contribution >= 0.6 is 0 Å². The second kappa shape index (κ2) is 9.58. The zero-order chi connectivity index (χ0) is 19.9. The molecule has 0 saturated heterocycles. The Labute approximate surface area is 171 Å². The first-order valence-electron chi connectivity index (χ1n) is 10.0. The molecule has 0 radical (unpaired) electrons. The van der Waals surface area contributed by atoms with Crippen LogP contribution in [0.15, 0.2) is 61.1 Å². The van der Waals surface area contributed by atoms with Crippen LogP contribution in [0.5, 0.6) is 5.75 Å². The van der Waals surface area contributed by atoms with Gasteiger partial charge in [0.15, 0.2) is 5.82 Å². The fraction of sp³-hybridized carbons (Fsp3) is 0.348. The van der Waals surface area contributed by atoms with E-state index in [-0.39, 0.29) is 0 Å². The molecule has 0 spiro atoms. The van der Waals surface area contributed by atoms with Crippen molar-refractivity contribution in [3.8, 4) is 17.1 Å². The Morgan fingerprint density at radius 1 is 1.10 bits per heavy atom. The molecule has 0 aliphatic carbocycles. The number of rotatable bonds is 8. The molecule has 6 nitrogen and oxygen atoms in total. The number of para-hydroxylation sites is 1. The highest BCUT2D eigenvalue weighted by atomic mass is 16.5. The van der Waals surface area contributed by atoms with E-state index in [1.165, 1.54) is 5.56 Å². The normalized spacial score (nSPS) is 15.7. The number of ether oxygens (including phenoxy) is 2. The summed E-state index contributed by atoms with van der Waals surface area (Å²) in [6.45, 7) is 3.16. The monoisotopic (exact) mass is 390 g/mol. The van der Waals surface area contributed by atoms with E-state index in [1.54, 1.807) is 19.5 Å². The molecule has 1 aliphatic rings. The van der Waals surface area contributed by atoms with Gasteiger partial charge in [0, 0.05) is 69.0 Å². The maximum Gasteiger partial charge on any atom is 0.159 e. The predicted octanol–water partition coefficient (Wildman–Crippen LogP) is 3.90. The molecule has 0 saturated carbocycles. The van der Waals surface area contributed by atoms with E-state index in [1.807, 2.05) is 30.5 Å². The number of nitrogens with zero attached hydrogens (tertiary/aromatic N) is 4. The van der Waals surface area contributed by atoms with Crippen molar-refractivity contribution in [2.45, 2.75) is 25.4 Å². The van der Waals surface area contributed by atoms with E-state index in [0.717, 1.165) is 62.0 Å². The third-order valence-electron chi connectivity index (χ3n) is 5.18. The number of pyridine rings is 1. The maximum atomic E-state index is 5.87. The zero-order valence-corrected chi connectivity index (χ0v) is 16.7. The van der Waals surface area contributed by atoms with Gasteiger partial charge in [-0.3, -0.25) is 9.88 Å². The summed E-state index contributed by atoms with van der Waals surface area (Å²) in [5.41, 5.74) is 3.23. The van der Waals surface area contributed by atoms with Crippen LogP contribution in [0.25, 0.3) is 11.4 Å². The van der Waals surface area contributed by atoms with Crippen LogP contribution in [0.3, 0.4) is 0 Å². The standard InChI is InChI=1S/C23H26N4O2/c1-28-15-4-14-27(21-10-16-29-22-6-3-2-5-20(21)22)17-19-9-13-25-23(26-19)18-7-11-24-12-8-18/h2-3,5-9,11-13,21H,4,10,14-17H2,1H3. The summed E-state index contributed by atoms with van der Waals surface area (Å²) in [5, 5.41) is 0. The molecule has 6 heteroatoms. The van der Waals surface area contributed by atoms with Crippen molar-refractivity contribution >= 4 is 0 Å². The molecule has 0 fully saturated rings. The minimum absolute atomic E-state index is 0.302. The fourth-order valence-electron chi connectivity index (χ4n) is 3.79. The van der Waals surface area contributed by atoms with Gasteiger partial charge in [0.05, 0.1) is 12.3 Å². The molecule has 0 bridgehead atoms. The highest BCUT2D eigenvalue weighted by molar-refractivity contribution is 5.53. The van der Waals surface area contributed by atoms with Gasteiger partial charge in [-0.15, -0.1) is 0 Å². The third kappa shape index (κ3) is 4.78. The van der Waals surface area contributed by atoms with Crippen LogP contribution in [-0.2, 0) is 11.3 Å². The first-order valence-corrected chi connectivity index (χ1v) is 10.0. The number of aromatic nitrogens is 3. The van der Waals surface area contributed by atoms with Crippen molar-refractivity contribution in [1.29, 1.82) is 0 Å². The second-order valence-electron chi connectivity index (χ2n) is 7.12. The van der Waals surface area contributed by atoms with Gasteiger partial charge < -0.3 is 9.47 Å². The lowest BCUT2D eigenvalue weighted by Crippen LogP contribution is -2.33. The van der Waals surface area contributed by atoms with Gasteiger partial charge in [-0.25, -0.2) is 9.97 Å². The summed E-state index contributed by atoms with van der Waals surface area (Å²) in [7, 11) is 1.75. The average Bonchev–Trinajstić information content (AvgIpc) is 2.79. The van der Waals surface area contributed by atoms with Crippen molar-refractivity contribution in [3.05, 3.63) is 72.3 Å². The number of methoxy groups -OCH3 is 1. The van der Waals surface area contributed by atoms with Gasteiger partial charge in [-0.05, 0) is 30.7 Å². The van der Waals surface area contributed by atoms with Crippen LogP contribution in [0.2, 0.25) is 0 Å². The van der Waals surface area contributed by atoms with E-state index < -0.39 is 0 Å². The summed E-state index contributed by atoms with van der Waals surface area (Å²) >= 11 is 0. The summed E-state index contributed by atoms with van der Waals surface area (Å²) in [4.78, 5) is 15.8. The van der Waals surface area contributed by atoms with Crippen molar-refractivity contribution in [3.63, 3.8) is 0 Å². The van der Waals surface area contributed by atoms with Gasteiger partial charge in [0.1, 0.15) is 5.75 Å². The van der Waals surface area contributed by atoms with Crippen LogP contribution in [0, 0.1) is 0 Å². The molecule has 1 aromatic carbocycles. The Bertz CT molecular complexity index is 920. The largest absolute Gasteiger partial charge is 0.493 e. The Hall–Kier alpha value is -2.83. The number of hydrogen-bond donors (Lipinski definition) is 0. The van der Waals surface area contributed by atoms with Crippen molar-refractivity contribution in [2.75, 3.05) is 26.9 Å². The topological polar surface area (TPSA) is 60.4 Å². The molecule has 3 aromatic rings. The Morgan fingerprint density at radius 3 is 2.83 bits per heavy atom. The average molecular weight is 390 g/mol. The SMILES string of the molecule is COCCCN(Cc1ccnc(-c2ccncc2)n1)C1CCOc2ccccc21. The molecule has 1 atom stereocenters. The zero-order valence-electron chi connectivity index (χ0n) is 16.7. The summed E-state index contributed by atoms with van der Waals surface area (Å²) in [5.74, 6) is 1.72. The molecule has 0 amide bonds. The molecule has 0 N–H and O–H groups in total. The predicted molar refractivity (Wildman–Crippen MR) is 111 cm³/mol. The van der Waals surface area contributed by atoms with Gasteiger partial charge in [-0.1, -0.05) is 18.2 Å². The molecular weight excluding hydrogens is 364 g/mol. The molecule has 29 heavy (non-hydrogen) atoms. The van der Waals surface area contributed by atoms with E-state index >= 15 is 0 Å². The lowest BCUT2D eigenvalue weighted by Gasteiger charge is -2.35. The van der Waals surface area contributed by atoms with Gasteiger partial charge in [0.25, 0.3) is 0 Å². The first-order chi connectivity index (χ1) is 14.3. The van der Waals surface area contributed by atoms with Crippen LogP contribution in [0.1, 0.15) is 30.1 Å². The maximum absolute atomic E-state index is 5.87. The molecular formula is C23H26N4O2. The number of benzene rings is 1. The lowest BCUT2D eigenvalue weighted by atomic mass is 9.98. The highest BCUT2D eigenvalue weighted by Gasteiger charge is 2.27. The van der Waals surface area contributed by atoms with Gasteiger partial charge in [0.2, 0.25) is 0 Å². The Morgan fingerprint density at radius 2 is 1.97 bits per heavy atom. The lowest BCUT2D eigenvalue weighted by molar-refractivity contribution is 0.113. The Kier molecular flexibility index (Phi) is 6.44. The van der Waals surface area contributed by atoms with E-state index in [9.17, 15) is 0 Å². The van der Waals surface area contributed by atoms with Gasteiger partial charge in [-0.2, -0.15) is 0 Å². The fourth-order valence-corrected chi connectivity index (χ4v) is 3.79. The molecule has 1 aliphatic heterocycles. The van der Waals surface area contributed by atoms with Crippen molar-refractivity contribution in [1.82, 2.24) is 19.9 Å². The van der Waals surface area contributed by atoms with Crippen molar-refractivity contribution in [2.24, 2.45) is 0 Å². The first kappa shape index (κ1) is 19.5. The third-order valence-corrected chi connectivity index (χ3v) is 5.18. The highest BCUT2D eigenvalue weighted by Crippen LogP contribution is 2.36. The van der Waals surface area contributed by atoms with Crippen LogP contribution < -0.4 is 4.74 Å². The molecule has 3 heterocycles. The van der Waals surface area contributed by atoms with Crippen LogP contribution in [0.4, 0.5) is 0 Å². The number of fused-ring (bicyclic) bond motifs is 1. The van der Waals surface area contributed by atoms with Gasteiger partial charge >= 0.3 is 0 Å². The second-order valence-corrected chi connectivity index (χ2v) is 7.12. The minimum atomic E-state index is 0.302. The van der Waals surface area contributed by atoms with Crippen molar-refractivity contribution < 1.29 is 9.47 Å². The molecule has 1 unspecified atom stereocenters. The Balaban J connectivity index is 1.59. The van der Waals surface area contributed by atoms with E-state index in [0.29, 0.717) is 6.04 Å². The molecule has 4 rings (SSSR count). The quantitative estimate of drug-likeness (QED) is 0.544. The van der Waals surface area contributed by atoms with E-state index in [2.05, 4.69) is 33.1 Å². The summed E-state index contributed by atoms with van der Waals surface area (Å²) in [6.07, 6.45) is 7.30. The van der Waals surface area contributed by atoms with Crippen LogP contribution in [-0.4, -0.2) is 46.7 Å². The minimum Gasteiger partial charge on any atom is -0.493 e. The summed E-state index contributed by atoms with van der Waals surface area (Å²) in [6, 6.07) is 14.5.